The maximum atomic E-state index is 12.3. The van der Waals surface area contributed by atoms with Gasteiger partial charge in [0, 0.05) is 5.41 Å². The van der Waals surface area contributed by atoms with Gasteiger partial charge in [0.2, 0.25) is 0 Å². The summed E-state index contributed by atoms with van der Waals surface area (Å²) >= 11 is 0. The lowest BCUT2D eigenvalue weighted by atomic mass is 9.93. The van der Waals surface area contributed by atoms with Crippen molar-refractivity contribution in [3.05, 3.63) is 24.3 Å². The maximum absolute atomic E-state index is 12.3. The number of esters is 1. The number of carbonyl (C=O) groups excluding carboxylic acids is 2. The zero-order valence-corrected chi connectivity index (χ0v) is 13.5. The van der Waals surface area contributed by atoms with E-state index in [9.17, 15) is 9.59 Å². The minimum absolute atomic E-state index is 0.107. The van der Waals surface area contributed by atoms with Gasteiger partial charge in [-0.1, -0.05) is 45.1 Å². The molecule has 1 saturated heterocycles. The van der Waals surface area contributed by atoms with Crippen molar-refractivity contribution in [1.82, 2.24) is 4.90 Å². The summed E-state index contributed by atoms with van der Waals surface area (Å²) in [7, 11) is 0. The molecule has 0 bridgehead atoms. The summed E-state index contributed by atoms with van der Waals surface area (Å²) in [6, 6.07) is -0.638. The van der Waals surface area contributed by atoms with Crippen molar-refractivity contribution in [2.75, 3.05) is 6.61 Å². The summed E-state index contributed by atoms with van der Waals surface area (Å²) in [6.07, 6.45) is 2.67. The van der Waals surface area contributed by atoms with Gasteiger partial charge in [-0.25, -0.2) is 9.59 Å². The molecule has 0 spiro atoms. The minimum atomic E-state index is -0.638. The maximum Gasteiger partial charge on any atom is 0.413 e. The average Bonchev–Trinajstić information content (AvgIpc) is 2.70. The molecule has 118 valence electrons. The number of ether oxygens (including phenoxy) is 2. The quantitative estimate of drug-likeness (QED) is 0.590. The smallest absolute Gasteiger partial charge is 0.413 e. The van der Waals surface area contributed by atoms with E-state index in [0.717, 1.165) is 5.57 Å². The van der Waals surface area contributed by atoms with Crippen LogP contribution >= 0.6 is 0 Å². The summed E-state index contributed by atoms with van der Waals surface area (Å²) < 4.78 is 10.5. The van der Waals surface area contributed by atoms with Crippen LogP contribution in [0.1, 0.15) is 41.0 Å². The van der Waals surface area contributed by atoms with Gasteiger partial charge in [-0.2, -0.15) is 0 Å². The number of nitrogens with zero attached hydrogens (tertiary/aromatic N) is 1. The highest BCUT2D eigenvalue weighted by Crippen LogP contribution is 2.34. The van der Waals surface area contributed by atoms with Gasteiger partial charge < -0.3 is 9.47 Å². The van der Waals surface area contributed by atoms with Gasteiger partial charge in [0.1, 0.15) is 12.6 Å². The van der Waals surface area contributed by atoms with Crippen LogP contribution in [-0.4, -0.2) is 35.8 Å². The fraction of sp³-hybridized carbons (Fsp3) is 0.625. The average molecular weight is 295 g/mol. The third-order valence-corrected chi connectivity index (χ3v) is 3.11. The third kappa shape index (κ3) is 4.34. The fourth-order valence-electron chi connectivity index (χ4n) is 2.10. The number of hydrogen-bond donors (Lipinski definition) is 0. The zero-order valence-electron chi connectivity index (χ0n) is 13.5. The molecule has 0 saturated carbocycles. The first-order valence-corrected chi connectivity index (χ1v) is 7.08. The van der Waals surface area contributed by atoms with Gasteiger partial charge in [0.05, 0.1) is 0 Å². The predicted octanol–water partition coefficient (Wildman–Crippen LogP) is 3.26. The molecule has 0 aromatic rings. The number of carbonyl (C=O) groups is 2. The van der Waals surface area contributed by atoms with Crippen molar-refractivity contribution in [3.8, 4) is 0 Å². The van der Waals surface area contributed by atoms with Gasteiger partial charge in [-0.15, -0.1) is 0 Å². The van der Waals surface area contributed by atoms with Crippen molar-refractivity contribution in [3.63, 3.8) is 0 Å². The summed E-state index contributed by atoms with van der Waals surface area (Å²) in [6.45, 7) is 13.3. The molecule has 1 amide bonds. The van der Waals surface area contributed by atoms with Gasteiger partial charge in [-0.3, -0.25) is 4.90 Å². The lowest BCUT2D eigenvalue weighted by Crippen LogP contribution is -2.48. The Morgan fingerprint density at radius 2 is 2.05 bits per heavy atom. The van der Waals surface area contributed by atoms with Gasteiger partial charge in [0.15, 0.2) is 6.23 Å². The number of rotatable bonds is 4. The summed E-state index contributed by atoms with van der Waals surface area (Å²) in [5.74, 6) is -0.386. The molecule has 0 radical (unpaired) electrons. The van der Waals surface area contributed by atoms with Gasteiger partial charge in [-0.05, 0) is 20.3 Å². The molecule has 0 aliphatic carbocycles. The number of allylic oxidation sites excluding steroid dienone is 1. The van der Waals surface area contributed by atoms with Crippen LogP contribution in [0.15, 0.2) is 24.3 Å². The first-order valence-electron chi connectivity index (χ1n) is 7.08. The second-order valence-electron chi connectivity index (χ2n) is 6.46. The topological polar surface area (TPSA) is 55.8 Å². The summed E-state index contributed by atoms with van der Waals surface area (Å²) in [4.78, 5) is 25.8. The first kappa shape index (κ1) is 17.3. The van der Waals surface area contributed by atoms with E-state index >= 15 is 0 Å². The van der Waals surface area contributed by atoms with E-state index in [-0.39, 0.29) is 18.0 Å². The molecule has 0 aromatic carbocycles. The molecule has 21 heavy (non-hydrogen) atoms. The Kier molecular flexibility index (Phi) is 5.58. The number of amides is 1. The van der Waals surface area contributed by atoms with Crippen LogP contribution in [0, 0.1) is 5.41 Å². The minimum Gasteiger partial charge on any atom is -0.445 e. The molecule has 1 aliphatic heterocycles. The van der Waals surface area contributed by atoms with Crippen LogP contribution in [0.25, 0.3) is 0 Å². The van der Waals surface area contributed by atoms with Crippen molar-refractivity contribution >= 4 is 12.1 Å². The SMILES string of the molecule is C=CCOC(=O)N1[C@H](C(C)(C)C)OC(=O)[C@@H]1CC=C(C)C. The molecule has 5 heteroatoms. The van der Waals surface area contributed by atoms with Gasteiger partial charge >= 0.3 is 12.1 Å². The van der Waals surface area contributed by atoms with Crippen molar-refractivity contribution in [2.24, 2.45) is 5.41 Å². The third-order valence-electron chi connectivity index (χ3n) is 3.11. The van der Waals surface area contributed by atoms with Crippen molar-refractivity contribution < 1.29 is 19.1 Å². The van der Waals surface area contributed by atoms with Gasteiger partial charge in [0.25, 0.3) is 0 Å². The van der Waals surface area contributed by atoms with E-state index in [2.05, 4.69) is 6.58 Å². The second kappa shape index (κ2) is 6.78. The molecular formula is C16H25NO4. The summed E-state index contributed by atoms with van der Waals surface area (Å²) in [5, 5.41) is 0. The second-order valence-corrected chi connectivity index (χ2v) is 6.46. The molecule has 1 aliphatic rings. The monoisotopic (exact) mass is 295 g/mol. The Morgan fingerprint density at radius 1 is 1.43 bits per heavy atom. The molecule has 1 fully saturated rings. The highest BCUT2D eigenvalue weighted by molar-refractivity contribution is 5.84. The Balaban J connectivity index is 3.03. The molecule has 0 unspecified atom stereocenters. The van der Waals surface area contributed by atoms with Crippen LogP contribution in [0.4, 0.5) is 4.79 Å². The fourth-order valence-corrected chi connectivity index (χ4v) is 2.10. The highest BCUT2D eigenvalue weighted by atomic mass is 16.6. The highest BCUT2D eigenvalue weighted by Gasteiger charge is 2.50. The van der Waals surface area contributed by atoms with Crippen LogP contribution < -0.4 is 0 Å². The Bertz CT molecular complexity index is 444. The Morgan fingerprint density at radius 3 is 2.52 bits per heavy atom. The largest absolute Gasteiger partial charge is 0.445 e. The standard InChI is InChI=1S/C16H25NO4/c1-7-10-20-15(19)17-12(9-8-11(2)3)13(18)21-14(17)16(4,5)6/h7-8,12,14H,1,9-10H2,2-6H3/t12-,14-/m0/s1. The molecule has 2 atom stereocenters. The molecular weight excluding hydrogens is 270 g/mol. The lowest BCUT2D eigenvalue weighted by molar-refractivity contribution is -0.147. The van der Waals surface area contributed by atoms with Crippen LogP contribution in [-0.2, 0) is 14.3 Å². The molecule has 0 N–H and O–H groups in total. The van der Waals surface area contributed by atoms with Crippen LogP contribution in [0.3, 0.4) is 0 Å². The normalized spacial score (nSPS) is 21.8. The zero-order chi connectivity index (χ0) is 16.2. The van der Waals surface area contributed by atoms with E-state index in [4.69, 9.17) is 9.47 Å². The van der Waals surface area contributed by atoms with Crippen molar-refractivity contribution in [2.45, 2.75) is 53.3 Å². The Labute approximate surface area is 126 Å². The predicted molar refractivity (Wildman–Crippen MR) is 80.6 cm³/mol. The first-order chi connectivity index (χ1) is 9.68. The van der Waals surface area contributed by atoms with E-state index < -0.39 is 18.4 Å². The number of cyclic esters (lactones) is 1. The number of hydrogen-bond acceptors (Lipinski definition) is 4. The molecule has 0 aromatic heterocycles. The van der Waals surface area contributed by atoms with Crippen LogP contribution in [0.5, 0.6) is 0 Å². The molecule has 1 heterocycles. The molecule has 5 nitrogen and oxygen atoms in total. The van der Waals surface area contributed by atoms with E-state index in [1.807, 2.05) is 40.7 Å². The molecule has 1 rings (SSSR count). The van der Waals surface area contributed by atoms with E-state index in [1.54, 1.807) is 0 Å². The van der Waals surface area contributed by atoms with Crippen LogP contribution in [0.2, 0.25) is 0 Å². The van der Waals surface area contributed by atoms with Crippen molar-refractivity contribution in [1.29, 1.82) is 0 Å². The van der Waals surface area contributed by atoms with E-state index in [0.29, 0.717) is 6.42 Å². The van der Waals surface area contributed by atoms with E-state index in [1.165, 1.54) is 11.0 Å². The summed E-state index contributed by atoms with van der Waals surface area (Å²) in [5.41, 5.74) is 0.698. The Hall–Kier alpha value is -1.78. The lowest BCUT2D eigenvalue weighted by Gasteiger charge is -2.33.